The van der Waals surface area contributed by atoms with Gasteiger partial charge in [0.05, 0.1) is 12.5 Å². The molecular weight excluding hydrogens is 298 g/mol. The van der Waals surface area contributed by atoms with E-state index in [1.165, 1.54) is 7.11 Å². The van der Waals surface area contributed by atoms with Crippen molar-refractivity contribution in [3.63, 3.8) is 0 Å². The molecule has 0 aliphatic rings. The standard InChI is InChI=1S/C12H21N5O3.ClH/c1-4-12(5-2,7-13)10(19)15-11-14-8(16-17-11)6-9(18)20-3;/h4-7,13H2,1-3H3,(H2,14,15,16,17,19);1H. The fourth-order valence-electron chi connectivity index (χ4n) is 1.83. The van der Waals surface area contributed by atoms with Gasteiger partial charge in [-0.2, -0.15) is 4.98 Å². The van der Waals surface area contributed by atoms with Crippen molar-refractivity contribution in [3.05, 3.63) is 5.82 Å². The lowest BCUT2D eigenvalue weighted by Gasteiger charge is -2.27. The fourth-order valence-corrected chi connectivity index (χ4v) is 1.83. The molecule has 1 aromatic rings. The summed E-state index contributed by atoms with van der Waals surface area (Å²) in [6.07, 6.45) is 1.24. The van der Waals surface area contributed by atoms with Crippen molar-refractivity contribution in [1.82, 2.24) is 15.2 Å². The van der Waals surface area contributed by atoms with Crippen molar-refractivity contribution in [2.45, 2.75) is 33.1 Å². The molecule has 0 aliphatic carbocycles. The zero-order chi connectivity index (χ0) is 15.2. The second kappa shape index (κ2) is 8.58. The molecule has 1 amide bonds. The molecule has 0 aromatic carbocycles. The summed E-state index contributed by atoms with van der Waals surface area (Å²) in [5.41, 5.74) is 5.08. The molecule has 0 spiro atoms. The summed E-state index contributed by atoms with van der Waals surface area (Å²) in [5.74, 6) is -0.182. The van der Waals surface area contributed by atoms with E-state index in [1.54, 1.807) is 0 Å². The van der Waals surface area contributed by atoms with Crippen LogP contribution in [0.2, 0.25) is 0 Å². The van der Waals surface area contributed by atoms with Gasteiger partial charge in [-0.3, -0.25) is 20.0 Å². The Morgan fingerprint density at radius 1 is 1.38 bits per heavy atom. The first-order valence-corrected chi connectivity index (χ1v) is 6.51. The highest BCUT2D eigenvalue weighted by Crippen LogP contribution is 2.26. The maximum absolute atomic E-state index is 12.2. The number of nitrogens with zero attached hydrogens (tertiary/aromatic N) is 2. The third-order valence-corrected chi connectivity index (χ3v) is 3.52. The molecule has 0 bridgehead atoms. The number of ether oxygens (including phenoxy) is 1. The van der Waals surface area contributed by atoms with Gasteiger partial charge in [-0.1, -0.05) is 13.8 Å². The molecule has 0 unspecified atom stereocenters. The smallest absolute Gasteiger partial charge is 0.313 e. The number of hydrogen-bond donors (Lipinski definition) is 3. The number of esters is 1. The van der Waals surface area contributed by atoms with Crippen molar-refractivity contribution in [2.24, 2.45) is 11.1 Å². The van der Waals surface area contributed by atoms with Crippen LogP contribution < -0.4 is 11.1 Å². The molecule has 21 heavy (non-hydrogen) atoms. The van der Waals surface area contributed by atoms with E-state index in [0.717, 1.165) is 0 Å². The van der Waals surface area contributed by atoms with Crippen LogP contribution in [0.1, 0.15) is 32.5 Å². The van der Waals surface area contributed by atoms with Gasteiger partial charge in [0.25, 0.3) is 0 Å². The molecule has 0 fully saturated rings. The number of methoxy groups -OCH3 is 1. The van der Waals surface area contributed by atoms with E-state index < -0.39 is 11.4 Å². The average molecular weight is 320 g/mol. The van der Waals surface area contributed by atoms with Crippen LogP contribution in [0.3, 0.4) is 0 Å². The van der Waals surface area contributed by atoms with Crippen LogP contribution in [0, 0.1) is 5.41 Å². The van der Waals surface area contributed by atoms with E-state index >= 15 is 0 Å². The molecule has 9 heteroatoms. The Labute approximate surface area is 129 Å². The number of anilines is 1. The van der Waals surface area contributed by atoms with Gasteiger partial charge in [-0.05, 0) is 12.8 Å². The Balaban J connectivity index is 0.00000400. The number of carbonyl (C=O) groups is 2. The van der Waals surface area contributed by atoms with E-state index in [0.29, 0.717) is 18.7 Å². The fraction of sp³-hybridized carbons (Fsp3) is 0.667. The molecule has 120 valence electrons. The Kier molecular flexibility index (Phi) is 7.90. The summed E-state index contributed by atoms with van der Waals surface area (Å²) in [7, 11) is 1.29. The summed E-state index contributed by atoms with van der Waals surface area (Å²) >= 11 is 0. The van der Waals surface area contributed by atoms with E-state index in [9.17, 15) is 9.59 Å². The van der Waals surface area contributed by atoms with E-state index in [2.05, 4.69) is 25.2 Å². The second-order valence-corrected chi connectivity index (χ2v) is 4.50. The van der Waals surface area contributed by atoms with Crippen molar-refractivity contribution < 1.29 is 14.3 Å². The first kappa shape index (κ1) is 19.3. The summed E-state index contributed by atoms with van der Waals surface area (Å²) < 4.78 is 4.52. The Morgan fingerprint density at radius 3 is 2.48 bits per heavy atom. The Bertz CT molecular complexity index is 465. The zero-order valence-electron chi connectivity index (χ0n) is 12.4. The van der Waals surface area contributed by atoms with Crippen LogP contribution in [0.4, 0.5) is 5.95 Å². The van der Waals surface area contributed by atoms with Gasteiger partial charge in [0.1, 0.15) is 12.2 Å². The topological polar surface area (TPSA) is 123 Å². The molecule has 4 N–H and O–H groups in total. The van der Waals surface area contributed by atoms with E-state index in [1.807, 2.05) is 13.8 Å². The normalized spacial score (nSPS) is 10.7. The van der Waals surface area contributed by atoms with Crippen LogP contribution in [0.25, 0.3) is 0 Å². The monoisotopic (exact) mass is 319 g/mol. The zero-order valence-corrected chi connectivity index (χ0v) is 13.2. The van der Waals surface area contributed by atoms with Gasteiger partial charge in [0.2, 0.25) is 11.9 Å². The molecule has 8 nitrogen and oxygen atoms in total. The van der Waals surface area contributed by atoms with Crippen LogP contribution in [-0.4, -0.2) is 40.7 Å². The third-order valence-electron chi connectivity index (χ3n) is 3.52. The number of hydrogen-bond acceptors (Lipinski definition) is 6. The predicted octanol–water partition coefficient (Wildman–Crippen LogP) is 0.646. The summed E-state index contributed by atoms with van der Waals surface area (Å²) in [6, 6.07) is 0. The van der Waals surface area contributed by atoms with Gasteiger partial charge in [0, 0.05) is 6.54 Å². The van der Waals surface area contributed by atoms with Gasteiger partial charge in [-0.15, -0.1) is 17.5 Å². The Morgan fingerprint density at radius 2 is 2.00 bits per heavy atom. The molecule has 0 radical (unpaired) electrons. The van der Waals surface area contributed by atoms with Crippen molar-refractivity contribution >= 4 is 30.2 Å². The van der Waals surface area contributed by atoms with Gasteiger partial charge in [-0.25, -0.2) is 0 Å². The lowest BCUT2D eigenvalue weighted by molar-refractivity contribution is -0.139. The van der Waals surface area contributed by atoms with Gasteiger partial charge in [0.15, 0.2) is 0 Å². The van der Waals surface area contributed by atoms with Gasteiger partial charge < -0.3 is 10.5 Å². The number of nitrogens with two attached hydrogens (primary N) is 1. The molecule has 0 aliphatic heterocycles. The van der Waals surface area contributed by atoms with Gasteiger partial charge >= 0.3 is 5.97 Å². The average Bonchev–Trinajstić information content (AvgIpc) is 2.88. The third kappa shape index (κ3) is 4.68. The number of rotatable bonds is 7. The number of amides is 1. The number of H-pyrrole nitrogens is 1. The lowest BCUT2D eigenvalue weighted by atomic mass is 9.81. The van der Waals surface area contributed by atoms with E-state index in [-0.39, 0.29) is 37.2 Å². The number of aromatic nitrogens is 3. The first-order valence-electron chi connectivity index (χ1n) is 6.51. The minimum Gasteiger partial charge on any atom is -0.469 e. The molecular formula is C12H22ClN5O3. The lowest BCUT2D eigenvalue weighted by Crippen LogP contribution is -2.41. The molecule has 1 rings (SSSR count). The number of carbonyl (C=O) groups excluding carboxylic acids is 2. The predicted molar refractivity (Wildman–Crippen MR) is 80.0 cm³/mol. The van der Waals surface area contributed by atoms with Crippen LogP contribution in [-0.2, 0) is 20.7 Å². The minimum atomic E-state index is -0.622. The Hall–Kier alpha value is -1.67. The van der Waals surface area contributed by atoms with Crippen molar-refractivity contribution in [1.29, 1.82) is 0 Å². The van der Waals surface area contributed by atoms with Crippen LogP contribution in [0.15, 0.2) is 0 Å². The SMILES string of the molecule is CCC(CC)(CN)C(=O)Nc1n[nH]c(CC(=O)OC)n1.Cl. The minimum absolute atomic E-state index is 0. The summed E-state index contributed by atoms with van der Waals surface area (Å²) in [6.45, 7) is 4.08. The van der Waals surface area contributed by atoms with Crippen molar-refractivity contribution in [3.8, 4) is 0 Å². The van der Waals surface area contributed by atoms with Crippen molar-refractivity contribution in [2.75, 3.05) is 19.0 Å². The molecule has 0 atom stereocenters. The molecule has 1 heterocycles. The number of nitrogens with one attached hydrogen (secondary N) is 2. The van der Waals surface area contributed by atoms with Crippen LogP contribution >= 0.6 is 12.4 Å². The second-order valence-electron chi connectivity index (χ2n) is 4.50. The largest absolute Gasteiger partial charge is 0.469 e. The molecule has 1 aromatic heterocycles. The quantitative estimate of drug-likeness (QED) is 0.634. The van der Waals surface area contributed by atoms with E-state index in [4.69, 9.17) is 5.73 Å². The summed E-state index contributed by atoms with van der Waals surface area (Å²) in [4.78, 5) is 27.4. The number of aromatic amines is 1. The first-order chi connectivity index (χ1) is 9.51. The molecule has 0 saturated carbocycles. The maximum atomic E-state index is 12.2. The highest BCUT2D eigenvalue weighted by atomic mass is 35.5. The highest BCUT2D eigenvalue weighted by Gasteiger charge is 2.34. The summed E-state index contributed by atoms with van der Waals surface area (Å²) in [5, 5.41) is 9.04. The van der Waals surface area contributed by atoms with Crippen LogP contribution in [0.5, 0.6) is 0 Å². The maximum Gasteiger partial charge on any atom is 0.313 e. The number of halogens is 1. The highest BCUT2D eigenvalue weighted by molar-refractivity contribution is 5.94. The molecule has 0 saturated heterocycles.